The lowest BCUT2D eigenvalue weighted by Crippen LogP contribution is -2.23. The lowest BCUT2D eigenvalue weighted by molar-refractivity contribution is -0.137. The summed E-state index contributed by atoms with van der Waals surface area (Å²) < 4.78 is 38.2. The van der Waals surface area contributed by atoms with Crippen molar-refractivity contribution in [2.45, 2.75) is 12.3 Å². The molecule has 0 saturated heterocycles. The molecule has 0 radical (unpaired) electrons. The van der Waals surface area contributed by atoms with E-state index in [-0.39, 0.29) is 25.6 Å². The summed E-state index contributed by atoms with van der Waals surface area (Å²) in [5, 5.41) is 22.4. The van der Waals surface area contributed by atoms with Gasteiger partial charge in [-0.3, -0.25) is 0 Å². The first kappa shape index (κ1) is 21.0. The molecule has 0 aliphatic rings. The molecule has 4 nitrogen and oxygen atoms in total. The van der Waals surface area contributed by atoms with Crippen LogP contribution >= 0.6 is 12.4 Å². The molecular formula is C19H18ClF3N2O2. The fourth-order valence-electron chi connectivity index (χ4n) is 2.59. The second-order valence-electron chi connectivity index (χ2n) is 5.86. The number of alkyl halides is 3. The van der Waals surface area contributed by atoms with Crippen LogP contribution in [0.1, 0.15) is 5.56 Å². The van der Waals surface area contributed by atoms with Crippen LogP contribution in [-0.2, 0) is 6.18 Å². The van der Waals surface area contributed by atoms with E-state index in [4.69, 9.17) is 5.11 Å². The summed E-state index contributed by atoms with van der Waals surface area (Å²) in [4.78, 5) is 4.51. The Hall–Kier alpha value is -2.35. The van der Waals surface area contributed by atoms with Crippen LogP contribution in [0.3, 0.4) is 0 Å². The number of nitrogens with one attached hydrogen (secondary N) is 1. The first-order chi connectivity index (χ1) is 12.4. The quantitative estimate of drug-likeness (QED) is 0.605. The number of anilines is 1. The molecule has 3 rings (SSSR count). The third-order valence-electron chi connectivity index (χ3n) is 3.96. The van der Waals surface area contributed by atoms with Gasteiger partial charge >= 0.3 is 6.18 Å². The molecule has 1 atom stereocenters. The van der Waals surface area contributed by atoms with Crippen molar-refractivity contribution in [2.24, 2.45) is 0 Å². The number of nitrogens with zero attached hydrogens (tertiary/aromatic N) is 1. The van der Waals surface area contributed by atoms with Gasteiger partial charge in [-0.25, -0.2) is 4.98 Å². The van der Waals surface area contributed by atoms with Crippen LogP contribution in [0.2, 0.25) is 0 Å². The standard InChI is InChI=1S/C19H17F3N2O2.ClH/c20-19(21,22)13-7-5-12(6-8-13)17-9-18(23-10-14(26)11-25)15-3-1-2-4-16(15)24-17;/h1-9,14,25-26H,10-11H2,(H,23,24);1H/t14-;/m0./s1. The smallest absolute Gasteiger partial charge is 0.394 e. The normalized spacial score (nSPS) is 12.5. The number of aliphatic hydroxyl groups excluding tert-OH is 2. The molecule has 0 unspecified atom stereocenters. The average Bonchev–Trinajstić information content (AvgIpc) is 2.65. The average molecular weight is 399 g/mol. The molecule has 144 valence electrons. The van der Waals surface area contributed by atoms with Gasteiger partial charge in [-0.2, -0.15) is 13.2 Å². The van der Waals surface area contributed by atoms with E-state index in [2.05, 4.69) is 10.3 Å². The highest BCUT2D eigenvalue weighted by atomic mass is 35.5. The fraction of sp³-hybridized carbons (Fsp3) is 0.211. The first-order valence-electron chi connectivity index (χ1n) is 7.98. The number of pyridine rings is 1. The van der Waals surface area contributed by atoms with E-state index >= 15 is 0 Å². The van der Waals surface area contributed by atoms with Crippen LogP contribution in [-0.4, -0.2) is 34.5 Å². The topological polar surface area (TPSA) is 65.4 Å². The molecule has 0 aliphatic carbocycles. The molecule has 0 aliphatic heterocycles. The molecule has 0 saturated carbocycles. The molecule has 27 heavy (non-hydrogen) atoms. The van der Waals surface area contributed by atoms with Gasteiger partial charge in [-0.15, -0.1) is 12.4 Å². The Labute approximate surface area is 160 Å². The lowest BCUT2D eigenvalue weighted by atomic mass is 10.1. The van der Waals surface area contributed by atoms with E-state index in [0.717, 1.165) is 17.5 Å². The highest BCUT2D eigenvalue weighted by Crippen LogP contribution is 2.32. The summed E-state index contributed by atoms with van der Waals surface area (Å²) in [7, 11) is 0. The van der Waals surface area contributed by atoms with Crippen LogP contribution < -0.4 is 5.32 Å². The van der Waals surface area contributed by atoms with Crippen molar-refractivity contribution in [3.8, 4) is 11.3 Å². The van der Waals surface area contributed by atoms with Crippen molar-refractivity contribution in [1.29, 1.82) is 0 Å². The molecule has 1 aromatic heterocycles. The lowest BCUT2D eigenvalue weighted by Gasteiger charge is -2.14. The predicted octanol–water partition coefficient (Wildman–Crippen LogP) is 4.11. The highest BCUT2D eigenvalue weighted by molar-refractivity contribution is 5.93. The van der Waals surface area contributed by atoms with E-state index in [0.29, 0.717) is 22.5 Å². The first-order valence-corrected chi connectivity index (χ1v) is 7.98. The minimum Gasteiger partial charge on any atom is -0.394 e. The number of para-hydroxylation sites is 1. The van der Waals surface area contributed by atoms with Crippen LogP contribution in [0.25, 0.3) is 22.2 Å². The van der Waals surface area contributed by atoms with Crippen LogP contribution in [0.15, 0.2) is 54.6 Å². The van der Waals surface area contributed by atoms with Gasteiger partial charge < -0.3 is 15.5 Å². The van der Waals surface area contributed by atoms with Gasteiger partial charge in [0.1, 0.15) is 0 Å². The number of benzene rings is 2. The van der Waals surface area contributed by atoms with Gasteiger partial charge in [0.25, 0.3) is 0 Å². The van der Waals surface area contributed by atoms with Crippen molar-refractivity contribution in [2.75, 3.05) is 18.5 Å². The molecule has 2 aromatic carbocycles. The van der Waals surface area contributed by atoms with Gasteiger partial charge in [-0.05, 0) is 24.3 Å². The largest absolute Gasteiger partial charge is 0.416 e. The second kappa shape index (κ2) is 8.56. The Morgan fingerprint density at radius 2 is 1.70 bits per heavy atom. The monoisotopic (exact) mass is 398 g/mol. The minimum absolute atomic E-state index is 0. The van der Waals surface area contributed by atoms with Crippen molar-refractivity contribution in [3.63, 3.8) is 0 Å². The summed E-state index contributed by atoms with van der Waals surface area (Å²) in [6.45, 7) is -0.237. The number of fused-ring (bicyclic) bond motifs is 1. The fourth-order valence-corrected chi connectivity index (χ4v) is 2.59. The van der Waals surface area contributed by atoms with Crippen molar-refractivity contribution in [1.82, 2.24) is 4.98 Å². The maximum Gasteiger partial charge on any atom is 0.416 e. The van der Waals surface area contributed by atoms with Crippen molar-refractivity contribution in [3.05, 3.63) is 60.2 Å². The molecule has 8 heteroatoms. The molecule has 3 N–H and O–H groups in total. The van der Waals surface area contributed by atoms with E-state index in [9.17, 15) is 18.3 Å². The molecule has 1 heterocycles. The number of aromatic nitrogens is 1. The van der Waals surface area contributed by atoms with Gasteiger partial charge in [0.05, 0.1) is 29.5 Å². The molecule has 0 amide bonds. The number of hydrogen-bond donors (Lipinski definition) is 3. The number of halogens is 4. The Balaban J connectivity index is 0.00000261. The number of aliphatic hydroxyl groups is 2. The highest BCUT2D eigenvalue weighted by Gasteiger charge is 2.30. The molecule has 0 spiro atoms. The third kappa shape index (κ3) is 4.88. The maximum absolute atomic E-state index is 12.7. The molecular weight excluding hydrogens is 381 g/mol. The Morgan fingerprint density at radius 1 is 1.04 bits per heavy atom. The van der Waals surface area contributed by atoms with E-state index < -0.39 is 17.8 Å². The van der Waals surface area contributed by atoms with Crippen molar-refractivity contribution >= 4 is 29.0 Å². The van der Waals surface area contributed by atoms with Crippen LogP contribution in [0.4, 0.5) is 18.9 Å². The maximum atomic E-state index is 12.7. The predicted molar refractivity (Wildman–Crippen MR) is 101 cm³/mol. The van der Waals surface area contributed by atoms with Gasteiger partial charge in [0, 0.05) is 23.2 Å². The molecule has 0 fully saturated rings. The zero-order valence-corrected chi connectivity index (χ0v) is 14.9. The van der Waals surface area contributed by atoms with Crippen LogP contribution in [0, 0.1) is 0 Å². The van der Waals surface area contributed by atoms with E-state index in [1.54, 1.807) is 12.1 Å². The third-order valence-corrected chi connectivity index (χ3v) is 3.96. The zero-order valence-electron chi connectivity index (χ0n) is 14.1. The summed E-state index contributed by atoms with van der Waals surface area (Å²) in [6, 6.07) is 13.8. The van der Waals surface area contributed by atoms with E-state index in [1.165, 1.54) is 12.1 Å². The number of rotatable bonds is 5. The summed E-state index contributed by atoms with van der Waals surface area (Å²) in [6.07, 6.45) is -5.31. The Morgan fingerprint density at radius 3 is 2.33 bits per heavy atom. The molecule has 0 bridgehead atoms. The summed E-state index contributed by atoms with van der Waals surface area (Å²) >= 11 is 0. The van der Waals surface area contributed by atoms with Crippen LogP contribution in [0.5, 0.6) is 0 Å². The van der Waals surface area contributed by atoms with Gasteiger partial charge in [0.15, 0.2) is 0 Å². The number of hydrogen-bond acceptors (Lipinski definition) is 4. The summed E-state index contributed by atoms with van der Waals surface area (Å²) in [5.74, 6) is 0. The van der Waals surface area contributed by atoms with E-state index in [1.807, 2.05) is 18.2 Å². The zero-order chi connectivity index (χ0) is 18.7. The summed E-state index contributed by atoms with van der Waals surface area (Å²) in [5.41, 5.74) is 1.70. The molecule has 3 aromatic rings. The second-order valence-corrected chi connectivity index (χ2v) is 5.86. The Kier molecular flexibility index (Phi) is 6.64. The SMILES string of the molecule is Cl.OC[C@@H](O)CNc1cc(-c2ccc(C(F)(F)F)cc2)nc2ccccc12. The minimum atomic E-state index is -4.39. The van der Waals surface area contributed by atoms with Crippen molar-refractivity contribution < 1.29 is 23.4 Å². The Bertz CT molecular complexity index is 902. The van der Waals surface area contributed by atoms with Gasteiger partial charge in [-0.1, -0.05) is 30.3 Å². The van der Waals surface area contributed by atoms with Gasteiger partial charge in [0.2, 0.25) is 0 Å².